The first kappa shape index (κ1) is 11.9. The largest absolute Gasteiger partial charge is 0.473 e. The highest BCUT2D eigenvalue weighted by atomic mass is 32.1. The van der Waals surface area contributed by atoms with Gasteiger partial charge in [0.05, 0.1) is 5.01 Å². The van der Waals surface area contributed by atoms with Crippen molar-refractivity contribution in [1.29, 1.82) is 0 Å². The van der Waals surface area contributed by atoms with Gasteiger partial charge in [-0.3, -0.25) is 4.79 Å². The van der Waals surface area contributed by atoms with E-state index < -0.39 is 5.91 Å². The summed E-state index contributed by atoms with van der Waals surface area (Å²) in [5, 5.41) is 0.804. The first-order valence-corrected chi connectivity index (χ1v) is 6.99. The van der Waals surface area contributed by atoms with E-state index in [1.807, 2.05) is 6.92 Å². The van der Waals surface area contributed by atoms with E-state index in [0.29, 0.717) is 22.2 Å². The minimum atomic E-state index is -0.463. The van der Waals surface area contributed by atoms with Gasteiger partial charge in [0.25, 0.3) is 5.91 Å². The summed E-state index contributed by atoms with van der Waals surface area (Å²) in [7, 11) is 0. The molecule has 2 saturated carbocycles. The Kier molecular flexibility index (Phi) is 2.60. The molecule has 2 fully saturated rings. The summed E-state index contributed by atoms with van der Waals surface area (Å²) in [5.41, 5.74) is 11.5. The summed E-state index contributed by atoms with van der Waals surface area (Å²) in [6, 6.07) is 0.369. The van der Waals surface area contributed by atoms with E-state index in [4.69, 9.17) is 16.2 Å². The Balaban J connectivity index is 1.63. The molecule has 0 atom stereocenters. The summed E-state index contributed by atoms with van der Waals surface area (Å²) in [5.74, 6) is -0.0521. The molecule has 1 heterocycles. The molecule has 1 aromatic rings. The summed E-state index contributed by atoms with van der Waals surface area (Å²) >= 11 is 1.29. The van der Waals surface area contributed by atoms with E-state index in [2.05, 4.69) is 4.98 Å². The minimum absolute atomic E-state index is 0.164. The maximum absolute atomic E-state index is 11.3. The molecule has 18 heavy (non-hydrogen) atoms. The molecule has 98 valence electrons. The number of amides is 1. The second-order valence-corrected chi connectivity index (χ2v) is 6.75. The molecule has 6 heteroatoms. The molecular formula is C12H17N3O2S. The molecule has 0 saturated heterocycles. The molecule has 0 unspecified atom stereocenters. The third-order valence-corrected chi connectivity index (χ3v) is 4.88. The number of aryl methyl sites for hydroxylation is 1. The van der Waals surface area contributed by atoms with Crippen LogP contribution in [-0.2, 0) is 0 Å². The van der Waals surface area contributed by atoms with Gasteiger partial charge in [-0.15, -0.1) is 11.3 Å². The number of nitrogens with zero attached hydrogens (tertiary/aromatic N) is 1. The Hall–Kier alpha value is -1.14. The van der Waals surface area contributed by atoms with Crippen molar-refractivity contribution in [3.8, 4) is 5.88 Å². The van der Waals surface area contributed by atoms with Gasteiger partial charge in [-0.2, -0.15) is 0 Å². The lowest BCUT2D eigenvalue weighted by Gasteiger charge is -2.56. The zero-order chi connectivity index (χ0) is 12.9. The topological polar surface area (TPSA) is 91.2 Å². The summed E-state index contributed by atoms with van der Waals surface area (Å²) in [6.45, 7) is 1.84. The van der Waals surface area contributed by atoms with Crippen LogP contribution in [0.25, 0.3) is 0 Å². The Morgan fingerprint density at radius 2 is 2.11 bits per heavy atom. The normalized spacial score (nSPS) is 33.9. The SMILES string of the molecule is Cc1nc(OC2CC3(CC(N)C3)C2)c(C(N)=O)s1. The van der Waals surface area contributed by atoms with Gasteiger partial charge < -0.3 is 16.2 Å². The van der Waals surface area contributed by atoms with Crippen LogP contribution in [0.4, 0.5) is 0 Å². The summed E-state index contributed by atoms with van der Waals surface area (Å²) in [6.07, 6.45) is 4.42. The molecular weight excluding hydrogens is 250 g/mol. The second-order valence-electron chi connectivity index (χ2n) is 5.55. The van der Waals surface area contributed by atoms with Gasteiger partial charge in [-0.25, -0.2) is 4.98 Å². The number of nitrogens with two attached hydrogens (primary N) is 2. The van der Waals surface area contributed by atoms with Gasteiger partial charge in [-0.1, -0.05) is 0 Å². The van der Waals surface area contributed by atoms with Crippen molar-refractivity contribution in [2.45, 2.75) is 44.8 Å². The fourth-order valence-corrected chi connectivity index (χ4v) is 3.88. The Bertz CT molecular complexity index is 486. The molecule has 2 aliphatic rings. The van der Waals surface area contributed by atoms with Gasteiger partial charge in [-0.05, 0) is 38.0 Å². The standard InChI is InChI=1S/C12H17N3O2S/c1-6-15-11(9(18-6)10(14)16)17-8-4-12(5-8)2-7(13)3-12/h7-8H,2-5,13H2,1H3,(H2,14,16). The van der Waals surface area contributed by atoms with Crippen molar-refractivity contribution in [1.82, 2.24) is 4.98 Å². The lowest BCUT2D eigenvalue weighted by atomic mass is 9.53. The molecule has 0 bridgehead atoms. The molecule has 1 spiro atoms. The first-order valence-electron chi connectivity index (χ1n) is 6.17. The minimum Gasteiger partial charge on any atom is -0.473 e. The van der Waals surface area contributed by atoms with E-state index in [1.165, 1.54) is 11.3 Å². The maximum Gasteiger partial charge on any atom is 0.264 e. The highest BCUT2D eigenvalue weighted by Gasteiger charge is 2.53. The van der Waals surface area contributed by atoms with Crippen LogP contribution in [0.15, 0.2) is 0 Å². The van der Waals surface area contributed by atoms with Crippen LogP contribution in [0.5, 0.6) is 5.88 Å². The quantitative estimate of drug-likeness (QED) is 0.860. The Morgan fingerprint density at radius 1 is 1.44 bits per heavy atom. The van der Waals surface area contributed by atoms with Crippen LogP contribution in [0.3, 0.4) is 0 Å². The van der Waals surface area contributed by atoms with Crippen molar-refractivity contribution >= 4 is 17.2 Å². The zero-order valence-corrected chi connectivity index (χ0v) is 11.1. The van der Waals surface area contributed by atoms with Crippen LogP contribution >= 0.6 is 11.3 Å². The predicted octanol–water partition coefficient (Wildman–Crippen LogP) is 1.20. The monoisotopic (exact) mass is 267 g/mol. The van der Waals surface area contributed by atoms with Gasteiger partial charge in [0, 0.05) is 6.04 Å². The van der Waals surface area contributed by atoms with E-state index in [0.717, 1.165) is 30.7 Å². The Labute approximate surface area is 110 Å². The van der Waals surface area contributed by atoms with Crippen LogP contribution in [0.2, 0.25) is 0 Å². The summed E-state index contributed by atoms with van der Waals surface area (Å²) in [4.78, 5) is 15.9. The number of hydrogen-bond donors (Lipinski definition) is 2. The highest BCUT2D eigenvalue weighted by molar-refractivity contribution is 7.13. The van der Waals surface area contributed by atoms with Gasteiger partial charge >= 0.3 is 0 Å². The fourth-order valence-electron chi connectivity index (χ4n) is 3.18. The summed E-state index contributed by atoms with van der Waals surface area (Å²) < 4.78 is 5.79. The number of ether oxygens (including phenoxy) is 1. The van der Waals surface area contributed by atoms with E-state index in [1.54, 1.807) is 0 Å². The zero-order valence-electron chi connectivity index (χ0n) is 10.3. The number of carbonyl (C=O) groups is 1. The molecule has 3 rings (SSSR count). The molecule has 1 amide bonds. The van der Waals surface area contributed by atoms with Gasteiger partial charge in [0.2, 0.25) is 5.88 Å². The van der Waals surface area contributed by atoms with Crippen molar-refractivity contribution in [2.24, 2.45) is 16.9 Å². The van der Waals surface area contributed by atoms with Crippen molar-refractivity contribution in [3.63, 3.8) is 0 Å². The highest BCUT2D eigenvalue weighted by Crippen LogP contribution is 2.56. The third kappa shape index (κ3) is 1.89. The number of thiazole rings is 1. The third-order valence-electron chi connectivity index (χ3n) is 3.92. The number of carbonyl (C=O) groups excluding carboxylic acids is 1. The van der Waals surface area contributed by atoms with Crippen LogP contribution in [-0.4, -0.2) is 23.0 Å². The van der Waals surface area contributed by atoms with Crippen LogP contribution in [0, 0.1) is 12.3 Å². The van der Waals surface area contributed by atoms with E-state index >= 15 is 0 Å². The number of aromatic nitrogens is 1. The van der Waals surface area contributed by atoms with Crippen LogP contribution < -0.4 is 16.2 Å². The Morgan fingerprint density at radius 3 is 2.67 bits per heavy atom. The number of rotatable bonds is 3. The molecule has 5 nitrogen and oxygen atoms in total. The second kappa shape index (κ2) is 3.93. The lowest BCUT2D eigenvalue weighted by Crippen LogP contribution is -2.56. The number of hydrogen-bond acceptors (Lipinski definition) is 5. The molecule has 0 aromatic carbocycles. The maximum atomic E-state index is 11.3. The molecule has 1 aromatic heterocycles. The molecule has 2 aliphatic carbocycles. The molecule has 0 aliphatic heterocycles. The first-order chi connectivity index (χ1) is 8.47. The van der Waals surface area contributed by atoms with Crippen molar-refractivity contribution in [3.05, 3.63) is 9.88 Å². The van der Waals surface area contributed by atoms with Crippen molar-refractivity contribution < 1.29 is 9.53 Å². The van der Waals surface area contributed by atoms with Gasteiger partial charge in [0.15, 0.2) is 4.88 Å². The molecule has 0 radical (unpaired) electrons. The number of primary amides is 1. The van der Waals surface area contributed by atoms with Crippen LogP contribution in [0.1, 0.15) is 40.4 Å². The average molecular weight is 267 g/mol. The molecule has 4 N–H and O–H groups in total. The fraction of sp³-hybridized carbons (Fsp3) is 0.667. The van der Waals surface area contributed by atoms with E-state index in [-0.39, 0.29) is 6.10 Å². The predicted molar refractivity (Wildman–Crippen MR) is 68.7 cm³/mol. The lowest BCUT2D eigenvalue weighted by molar-refractivity contribution is -0.0795. The average Bonchev–Trinajstić information content (AvgIpc) is 2.54. The van der Waals surface area contributed by atoms with Gasteiger partial charge in [0.1, 0.15) is 6.10 Å². The van der Waals surface area contributed by atoms with E-state index in [9.17, 15) is 4.79 Å². The van der Waals surface area contributed by atoms with Crippen molar-refractivity contribution in [2.75, 3.05) is 0 Å². The smallest absolute Gasteiger partial charge is 0.264 e.